The van der Waals surface area contributed by atoms with Crippen molar-refractivity contribution >= 4 is 28.7 Å². The zero-order valence-corrected chi connectivity index (χ0v) is 20.7. The van der Waals surface area contributed by atoms with Crippen LogP contribution in [-0.2, 0) is 9.63 Å². The second-order valence-corrected chi connectivity index (χ2v) is 8.40. The van der Waals surface area contributed by atoms with E-state index in [1.807, 2.05) is 0 Å². The summed E-state index contributed by atoms with van der Waals surface area (Å²) in [6.07, 6.45) is -4.30. The van der Waals surface area contributed by atoms with Crippen molar-refractivity contribution < 1.29 is 36.6 Å². The lowest BCUT2D eigenvalue weighted by molar-refractivity contribution is -0.228. The van der Waals surface area contributed by atoms with E-state index in [1.54, 1.807) is 30.3 Å². The van der Waals surface area contributed by atoms with Gasteiger partial charge in [0.1, 0.15) is 11.3 Å². The van der Waals surface area contributed by atoms with Gasteiger partial charge in [-0.3, -0.25) is 14.3 Å². The third-order valence-corrected chi connectivity index (χ3v) is 5.75. The number of aromatic nitrogens is 5. The van der Waals surface area contributed by atoms with Gasteiger partial charge in [0.2, 0.25) is 0 Å². The molecule has 3 heterocycles. The number of hydrogen-bond acceptors (Lipinski definition) is 10. The molecule has 41 heavy (non-hydrogen) atoms. The summed E-state index contributed by atoms with van der Waals surface area (Å²) in [4.78, 5) is 38.6. The molecule has 16 heteroatoms. The summed E-state index contributed by atoms with van der Waals surface area (Å²) in [5.41, 5.74) is 12.2. The van der Waals surface area contributed by atoms with E-state index < -0.39 is 30.4 Å². The number of carbonyl (C=O) groups excluding carboxylic acids is 2. The predicted molar refractivity (Wildman–Crippen MR) is 134 cm³/mol. The molecular weight excluding hydrogens is 552 g/mol. The zero-order chi connectivity index (χ0) is 29.3. The number of rotatable bonds is 6. The van der Waals surface area contributed by atoms with E-state index in [0.717, 1.165) is 18.3 Å². The van der Waals surface area contributed by atoms with Gasteiger partial charge in [-0.2, -0.15) is 18.2 Å². The highest BCUT2D eigenvalue weighted by Gasteiger charge is 2.43. The van der Waals surface area contributed by atoms with Crippen LogP contribution in [0.5, 0.6) is 0 Å². The molecule has 0 atom stereocenters. The number of carbonyl (C=O) groups is 2. The lowest BCUT2D eigenvalue weighted by Gasteiger charge is -2.22. The standard InChI is InChI=1S/C25H18F4N8O4/c26-14-6-8-15(9-7-14)37-20-16(23(38)36(11-10-30)40-24(39)25(27,28)29)12-32-17(13-4-2-1-3-5-13)18(20)33-22(37)19-21(31)35-41-34-19/h1-9,12H,10-11,30H2,(H2,31,35). The lowest BCUT2D eigenvalue weighted by atomic mass is 10.1. The van der Waals surface area contributed by atoms with E-state index in [2.05, 4.69) is 25.1 Å². The molecule has 1 amide bonds. The molecule has 0 bridgehead atoms. The van der Waals surface area contributed by atoms with Crippen LogP contribution in [0.25, 0.3) is 39.5 Å². The highest BCUT2D eigenvalue weighted by Crippen LogP contribution is 2.36. The first-order valence-electron chi connectivity index (χ1n) is 11.7. The molecule has 0 spiro atoms. The second-order valence-electron chi connectivity index (χ2n) is 8.40. The van der Waals surface area contributed by atoms with Gasteiger partial charge in [0.15, 0.2) is 17.3 Å². The molecule has 0 aliphatic heterocycles. The van der Waals surface area contributed by atoms with Gasteiger partial charge in [-0.1, -0.05) is 30.3 Å². The summed E-state index contributed by atoms with van der Waals surface area (Å²) >= 11 is 0. The number of amides is 1. The maximum Gasteiger partial charge on any atom is 0.493 e. The quantitative estimate of drug-likeness (QED) is 0.228. The number of fused-ring (bicyclic) bond motifs is 1. The number of imidazole rings is 1. The SMILES string of the molecule is NCCN(OC(=O)C(F)(F)F)C(=O)c1cnc(-c2ccccc2)c2nc(-c3nonc3N)n(-c3ccc(F)cc3)c12. The van der Waals surface area contributed by atoms with Crippen LogP contribution in [0.15, 0.2) is 65.4 Å². The summed E-state index contributed by atoms with van der Waals surface area (Å²) in [7, 11) is 0. The third kappa shape index (κ3) is 5.14. The number of hydroxylamine groups is 2. The molecule has 2 aromatic carbocycles. The van der Waals surface area contributed by atoms with Gasteiger partial charge in [-0.25, -0.2) is 18.8 Å². The molecule has 5 rings (SSSR count). The first-order chi connectivity index (χ1) is 19.6. The molecule has 0 saturated heterocycles. The fourth-order valence-electron chi connectivity index (χ4n) is 3.99. The van der Waals surface area contributed by atoms with Gasteiger partial charge in [-0.05, 0) is 34.6 Å². The average molecular weight is 570 g/mol. The summed E-state index contributed by atoms with van der Waals surface area (Å²) in [6, 6.07) is 13.7. The molecule has 210 valence electrons. The fourth-order valence-corrected chi connectivity index (χ4v) is 3.99. The molecule has 0 unspecified atom stereocenters. The summed E-state index contributed by atoms with van der Waals surface area (Å²) in [5, 5.41) is 7.55. The van der Waals surface area contributed by atoms with Gasteiger partial charge < -0.3 is 16.3 Å². The number of nitrogens with zero attached hydrogens (tertiary/aromatic N) is 6. The highest BCUT2D eigenvalue weighted by molar-refractivity contribution is 6.09. The molecule has 4 N–H and O–H groups in total. The van der Waals surface area contributed by atoms with Crippen molar-refractivity contribution in [3.8, 4) is 28.5 Å². The van der Waals surface area contributed by atoms with Crippen molar-refractivity contribution in [3.05, 3.63) is 72.2 Å². The normalized spacial score (nSPS) is 11.5. The van der Waals surface area contributed by atoms with E-state index in [0.29, 0.717) is 5.56 Å². The Kier molecular flexibility index (Phi) is 7.06. The van der Waals surface area contributed by atoms with Gasteiger partial charge in [0.25, 0.3) is 5.91 Å². The second kappa shape index (κ2) is 10.6. The van der Waals surface area contributed by atoms with Crippen LogP contribution < -0.4 is 11.5 Å². The van der Waals surface area contributed by atoms with Crippen molar-refractivity contribution in [3.63, 3.8) is 0 Å². The van der Waals surface area contributed by atoms with E-state index in [1.165, 1.54) is 16.7 Å². The number of alkyl halides is 3. The molecule has 5 aromatic rings. The van der Waals surface area contributed by atoms with Crippen molar-refractivity contribution in [2.75, 3.05) is 18.8 Å². The predicted octanol–water partition coefficient (Wildman–Crippen LogP) is 3.28. The number of benzene rings is 2. The maximum atomic E-state index is 13.9. The summed E-state index contributed by atoms with van der Waals surface area (Å²) < 4.78 is 58.9. The van der Waals surface area contributed by atoms with E-state index >= 15 is 0 Å². The average Bonchev–Trinajstić information content (AvgIpc) is 3.56. The zero-order valence-electron chi connectivity index (χ0n) is 20.7. The number of pyridine rings is 1. The lowest BCUT2D eigenvalue weighted by Crippen LogP contribution is -2.41. The fraction of sp³-hybridized carbons (Fsp3) is 0.120. The number of halogens is 4. The van der Waals surface area contributed by atoms with Crippen LogP contribution in [0.4, 0.5) is 23.4 Å². The van der Waals surface area contributed by atoms with Crippen molar-refractivity contribution in [1.82, 2.24) is 29.9 Å². The van der Waals surface area contributed by atoms with Gasteiger partial charge in [0.05, 0.1) is 23.3 Å². The highest BCUT2D eigenvalue weighted by atomic mass is 19.4. The van der Waals surface area contributed by atoms with Gasteiger partial charge in [-0.15, -0.1) is 0 Å². The van der Waals surface area contributed by atoms with Crippen LogP contribution in [-0.4, -0.2) is 61.1 Å². The summed E-state index contributed by atoms with van der Waals surface area (Å²) in [6.45, 7) is -0.931. The van der Waals surface area contributed by atoms with Crippen LogP contribution in [0.3, 0.4) is 0 Å². The van der Waals surface area contributed by atoms with Gasteiger partial charge in [0, 0.05) is 24.0 Å². The monoisotopic (exact) mass is 570 g/mol. The topological polar surface area (TPSA) is 168 Å². The van der Waals surface area contributed by atoms with E-state index in [-0.39, 0.29) is 56.9 Å². The van der Waals surface area contributed by atoms with Crippen molar-refractivity contribution in [1.29, 1.82) is 0 Å². The Morgan fingerprint density at radius 2 is 1.73 bits per heavy atom. The first kappa shape index (κ1) is 27.2. The van der Waals surface area contributed by atoms with Gasteiger partial charge >= 0.3 is 12.1 Å². The Morgan fingerprint density at radius 1 is 1.02 bits per heavy atom. The first-order valence-corrected chi connectivity index (χ1v) is 11.7. The molecule has 0 radical (unpaired) electrons. The molecule has 0 saturated carbocycles. The molecule has 0 fully saturated rings. The maximum absolute atomic E-state index is 13.9. The molecule has 0 aliphatic rings. The minimum Gasteiger partial charge on any atom is -0.379 e. The number of hydrogen-bond donors (Lipinski definition) is 2. The number of nitrogens with two attached hydrogens (primary N) is 2. The Bertz CT molecular complexity index is 1740. The van der Waals surface area contributed by atoms with E-state index in [9.17, 15) is 27.2 Å². The molecule has 0 aliphatic carbocycles. The van der Waals surface area contributed by atoms with E-state index in [4.69, 9.17) is 16.1 Å². The Labute approximate surface area is 227 Å². The van der Waals surface area contributed by atoms with Crippen LogP contribution >= 0.6 is 0 Å². The van der Waals surface area contributed by atoms with Crippen LogP contribution in [0.1, 0.15) is 10.4 Å². The number of anilines is 1. The minimum atomic E-state index is -5.39. The Hall–Kier alpha value is -5.38. The molecule has 3 aromatic heterocycles. The summed E-state index contributed by atoms with van der Waals surface area (Å²) in [5.74, 6) is -4.57. The Balaban J connectivity index is 1.83. The largest absolute Gasteiger partial charge is 0.493 e. The van der Waals surface area contributed by atoms with Crippen LogP contribution in [0.2, 0.25) is 0 Å². The Morgan fingerprint density at radius 3 is 2.34 bits per heavy atom. The van der Waals surface area contributed by atoms with Crippen molar-refractivity contribution in [2.24, 2.45) is 5.73 Å². The van der Waals surface area contributed by atoms with Crippen LogP contribution in [0, 0.1) is 5.82 Å². The minimum absolute atomic E-state index is 0.00191. The molecular formula is C25H18F4N8O4. The van der Waals surface area contributed by atoms with Crippen molar-refractivity contribution in [2.45, 2.75) is 6.18 Å². The molecule has 12 nitrogen and oxygen atoms in total. The number of nitrogen functional groups attached to an aromatic ring is 1. The smallest absolute Gasteiger partial charge is 0.379 e. The third-order valence-electron chi connectivity index (χ3n) is 5.75.